The summed E-state index contributed by atoms with van der Waals surface area (Å²) in [5, 5.41) is 6.03. The van der Waals surface area contributed by atoms with E-state index in [9.17, 15) is 0 Å². The van der Waals surface area contributed by atoms with Gasteiger partial charge in [-0.05, 0) is 37.8 Å². The average Bonchev–Trinajstić information content (AvgIpc) is 3.09. The van der Waals surface area contributed by atoms with Crippen LogP contribution in [0.3, 0.4) is 0 Å². The Labute approximate surface area is 216 Å². The van der Waals surface area contributed by atoms with Crippen LogP contribution >= 0.6 is 15.9 Å². The molecule has 190 valence electrons. The molecule has 1 heterocycles. The van der Waals surface area contributed by atoms with Gasteiger partial charge in [0.05, 0.1) is 30.0 Å². The van der Waals surface area contributed by atoms with E-state index >= 15 is 8.78 Å². The molecule has 3 aromatic rings. The van der Waals surface area contributed by atoms with Gasteiger partial charge in [0.15, 0.2) is 0 Å². The zero-order chi connectivity index (χ0) is 25.7. The highest BCUT2D eigenvalue weighted by molar-refractivity contribution is 9.10. The Kier molecular flexibility index (Phi) is 9.07. The molecule has 0 atom stereocenters. The van der Waals surface area contributed by atoms with E-state index in [1.54, 1.807) is 4.68 Å². The van der Waals surface area contributed by atoms with Crippen molar-refractivity contribution in [3.8, 4) is 0 Å². The first-order valence-corrected chi connectivity index (χ1v) is 14.6. The lowest BCUT2D eigenvalue weighted by molar-refractivity contribution is -0.0692. The van der Waals surface area contributed by atoms with Crippen molar-refractivity contribution in [1.29, 1.82) is 0 Å². The number of alkyl halides is 2. The van der Waals surface area contributed by atoms with E-state index in [4.69, 9.17) is 9.16 Å². The fraction of sp³-hybridized carbons (Fsp3) is 0.444. The van der Waals surface area contributed by atoms with Crippen LogP contribution in [0.2, 0.25) is 5.04 Å². The van der Waals surface area contributed by atoms with Crippen molar-refractivity contribution in [2.24, 2.45) is 7.05 Å². The number of aromatic nitrogens is 2. The molecule has 4 nitrogen and oxygen atoms in total. The fourth-order valence-corrected chi connectivity index (χ4v) is 9.82. The molecule has 3 rings (SSSR count). The zero-order valence-electron chi connectivity index (χ0n) is 21.2. The van der Waals surface area contributed by atoms with Crippen LogP contribution in [0.25, 0.3) is 0 Å². The SMILES string of the molecule is CCc1c(Br)c(COCCC(F)(F)CO[Si](c2ccccc2)(c2ccccc2)C(C)(C)C)nn1C. The van der Waals surface area contributed by atoms with Gasteiger partial charge in [0, 0.05) is 13.5 Å². The van der Waals surface area contributed by atoms with Gasteiger partial charge >= 0.3 is 0 Å². The highest BCUT2D eigenvalue weighted by atomic mass is 79.9. The fourth-order valence-electron chi connectivity index (χ4n) is 4.51. The van der Waals surface area contributed by atoms with E-state index in [2.05, 4.69) is 41.8 Å². The summed E-state index contributed by atoms with van der Waals surface area (Å²) in [4.78, 5) is 0. The number of ether oxygens (including phenoxy) is 1. The first kappa shape index (κ1) is 27.7. The van der Waals surface area contributed by atoms with Crippen LogP contribution in [0.1, 0.15) is 45.5 Å². The molecule has 0 aliphatic heterocycles. The van der Waals surface area contributed by atoms with Gasteiger partial charge in [0.1, 0.15) is 5.69 Å². The van der Waals surface area contributed by atoms with E-state index in [1.807, 2.05) is 74.6 Å². The lowest BCUT2D eigenvalue weighted by atomic mass is 10.2. The molecule has 0 saturated heterocycles. The second-order valence-electron chi connectivity index (χ2n) is 9.79. The molecule has 0 N–H and O–H groups in total. The Morgan fingerprint density at radius 3 is 1.97 bits per heavy atom. The summed E-state index contributed by atoms with van der Waals surface area (Å²) in [7, 11) is -1.15. The van der Waals surface area contributed by atoms with Crippen molar-refractivity contribution in [3.05, 3.63) is 76.5 Å². The predicted molar refractivity (Wildman–Crippen MR) is 143 cm³/mol. The molecular formula is C27H35BrF2N2O2Si. The van der Waals surface area contributed by atoms with Crippen LogP contribution in [0, 0.1) is 0 Å². The maximum Gasteiger partial charge on any atom is 0.271 e. The van der Waals surface area contributed by atoms with Crippen molar-refractivity contribution >= 4 is 34.6 Å². The Morgan fingerprint density at radius 1 is 0.971 bits per heavy atom. The molecule has 35 heavy (non-hydrogen) atoms. The summed E-state index contributed by atoms with van der Waals surface area (Å²) < 4.78 is 44.8. The maximum absolute atomic E-state index is 15.1. The van der Waals surface area contributed by atoms with Crippen molar-refractivity contribution in [3.63, 3.8) is 0 Å². The zero-order valence-corrected chi connectivity index (χ0v) is 23.7. The van der Waals surface area contributed by atoms with Gasteiger partial charge in [0.2, 0.25) is 0 Å². The topological polar surface area (TPSA) is 36.3 Å². The van der Waals surface area contributed by atoms with Crippen molar-refractivity contribution in [1.82, 2.24) is 9.78 Å². The van der Waals surface area contributed by atoms with E-state index in [0.717, 1.165) is 32.7 Å². The molecule has 0 saturated carbocycles. The van der Waals surface area contributed by atoms with Gasteiger partial charge in [-0.15, -0.1) is 0 Å². The van der Waals surface area contributed by atoms with Crippen LogP contribution in [0.15, 0.2) is 65.1 Å². The Hall–Kier alpha value is -1.87. The highest BCUT2D eigenvalue weighted by Crippen LogP contribution is 2.38. The van der Waals surface area contributed by atoms with Crippen LogP contribution in [0.5, 0.6) is 0 Å². The minimum atomic E-state index is -3.02. The Morgan fingerprint density at radius 2 is 1.51 bits per heavy atom. The summed E-state index contributed by atoms with van der Waals surface area (Å²) >= 11 is 3.54. The minimum Gasteiger partial charge on any atom is -0.401 e. The summed E-state index contributed by atoms with van der Waals surface area (Å²) in [5.74, 6) is -3.02. The smallest absolute Gasteiger partial charge is 0.271 e. The van der Waals surface area contributed by atoms with Crippen LogP contribution in [0.4, 0.5) is 8.78 Å². The third kappa shape index (κ3) is 6.28. The normalized spacial score (nSPS) is 12.8. The molecule has 0 bridgehead atoms. The number of hydrogen-bond acceptors (Lipinski definition) is 3. The average molecular weight is 566 g/mol. The second kappa shape index (κ2) is 11.5. The first-order chi connectivity index (χ1) is 16.5. The van der Waals surface area contributed by atoms with Crippen LogP contribution in [-0.4, -0.2) is 37.2 Å². The molecule has 0 aliphatic rings. The number of rotatable bonds is 11. The monoisotopic (exact) mass is 564 g/mol. The number of nitrogens with zero attached hydrogens (tertiary/aromatic N) is 2. The van der Waals surface area contributed by atoms with E-state index < -0.39 is 27.3 Å². The van der Waals surface area contributed by atoms with E-state index in [1.165, 1.54) is 0 Å². The van der Waals surface area contributed by atoms with Gasteiger partial charge in [-0.2, -0.15) is 5.10 Å². The maximum atomic E-state index is 15.1. The van der Waals surface area contributed by atoms with Gasteiger partial charge in [-0.1, -0.05) is 88.4 Å². The van der Waals surface area contributed by atoms with E-state index in [0.29, 0.717) is 0 Å². The molecule has 0 amide bonds. The van der Waals surface area contributed by atoms with E-state index in [-0.39, 0.29) is 18.3 Å². The molecule has 0 aliphatic carbocycles. The molecule has 0 radical (unpaired) electrons. The molecule has 0 spiro atoms. The predicted octanol–water partition coefficient (Wildman–Crippen LogP) is 5.86. The standard InChI is InChI=1S/C27H35BrF2N2O2Si/c1-6-24-25(28)23(31-32(24)5)19-33-18-17-27(29,30)20-34-35(26(2,3)4,21-13-9-7-10-14-21)22-15-11-8-12-16-22/h7-16H,6,17-20H2,1-5H3. The Balaban J connectivity index is 1.73. The van der Waals surface area contributed by atoms with Crippen molar-refractivity contribution in [2.75, 3.05) is 13.2 Å². The number of aryl methyl sites for hydroxylation is 1. The summed E-state index contributed by atoms with van der Waals surface area (Å²) in [6.07, 6.45) is 0.401. The largest absolute Gasteiger partial charge is 0.401 e. The van der Waals surface area contributed by atoms with Crippen molar-refractivity contribution in [2.45, 2.75) is 58.1 Å². The van der Waals surface area contributed by atoms with Gasteiger partial charge < -0.3 is 9.16 Å². The molecule has 1 aromatic heterocycles. The lowest BCUT2D eigenvalue weighted by Gasteiger charge is -2.43. The lowest BCUT2D eigenvalue weighted by Crippen LogP contribution is -2.67. The molecule has 8 heteroatoms. The van der Waals surface area contributed by atoms with Crippen molar-refractivity contribution < 1.29 is 17.9 Å². The third-order valence-corrected chi connectivity index (χ3v) is 12.2. The summed E-state index contributed by atoms with van der Waals surface area (Å²) in [6, 6.07) is 19.7. The molecule has 0 unspecified atom stereocenters. The quantitative estimate of drug-likeness (QED) is 0.216. The van der Waals surface area contributed by atoms with Gasteiger partial charge in [-0.3, -0.25) is 4.68 Å². The van der Waals surface area contributed by atoms with Gasteiger partial charge in [-0.25, -0.2) is 8.78 Å². The second-order valence-corrected chi connectivity index (χ2v) is 14.9. The summed E-state index contributed by atoms with van der Waals surface area (Å²) in [5.41, 5.74) is 1.77. The third-order valence-electron chi connectivity index (χ3n) is 6.27. The van der Waals surface area contributed by atoms with Crippen LogP contribution in [-0.2, 0) is 29.2 Å². The Bertz CT molecular complexity index is 1050. The van der Waals surface area contributed by atoms with Crippen LogP contribution < -0.4 is 10.4 Å². The molecule has 0 fully saturated rings. The number of halogens is 3. The first-order valence-electron chi connectivity index (χ1n) is 11.9. The minimum absolute atomic E-state index is 0.0818. The number of hydrogen-bond donors (Lipinski definition) is 0. The summed E-state index contributed by atoms with van der Waals surface area (Å²) in [6.45, 7) is 7.72. The van der Waals surface area contributed by atoms with Gasteiger partial charge in [0.25, 0.3) is 14.2 Å². The molecular weight excluding hydrogens is 530 g/mol. The highest BCUT2D eigenvalue weighted by Gasteiger charge is 2.51. The molecule has 2 aromatic carbocycles. The number of benzene rings is 2.